The Labute approximate surface area is 159 Å². The molecule has 7 heteroatoms. The van der Waals surface area contributed by atoms with Crippen LogP contribution >= 0.6 is 12.2 Å². The molecule has 1 N–H and O–H groups in total. The summed E-state index contributed by atoms with van der Waals surface area (Å²) in [7, 11) is 0. The average molecular weight is 374 g/mol. The zero-order valence-electron chi connectivity index (χ0n) is 15.4. The van der Waals surface area contributed by atoms with Gasteiger partial charge in [0.1, 0.15) is 4.64 Å². The summed E-state index contributed by atoms with van der Waals surface area (Å²) >= 11 is 5.57. The van der Waals surface area contributed by atoms with Crippen LogP contribution in [-0.2, 0) is 11.5 Å². The molecule has 1 aromatic heterocycles. The summed E-state index contributed by atoms with van der Waals surface area (Å²) in [5.74, 6) is 0.339. The number of aromatic nitrogens is 3. The van der Waals surface area contributed by atoms with Gasteiger partial charge in [0.2, 0.25) is 5.91 Å². The van der Waals surface area contributed by atoms with Gasteiger partial charge in [0, 0.05) is 30.9 Å². The molecule has 1 saturated heterocycles. The van der Waals surface area contributed by atoms with Crippen molar-refractivity contribution in [2.24, 2.45) is 5.92 Å². The van der Waals surface area contributed by atoms with Crippen molar-refractivity contribution < 1.29 is 4.79 Å². The van der Waals surface area contributed by atoms with Gasteiger partial charge < -0.3 is 5.32 Å². The predicted octanol–water partition coefficient (Wildman–Crippen LogP) is 3.14. The maximum atomic E-state index is 12.3. The summed E-state index contributed by atoms with van der Waals surface area (Å²) < 4.78 is 2.49. The number of benzene rings is 1. The van der Waals surface area contributed by atoms with Crippen LogP contribution in [0.5, 0.6) is 0 Å². The number of amides is 1. The lowest BCUT2D eigenvalue weighted by atomic mass is 9.96. The van der Waals surface area contributed by atoms with E-state index < -0.39 is 0 Å². The third-order valence-corrected chi connectivity index (χ3v) is 5.43. The van der Waals surface area contributed by atoms with Crippen LogP contribution in [0.25, 0.3) is 10.9 Å². The molecule has 2 aromatic rings. The lowest BCUT2D eigenvalue weighted by Gasteiger charge is -2.31. The van der Waals surface area contributed by atoms with E-state index in [-0.39, 0.29) is 11.8 Å². The van der Waals surface area contributed by atoms with E-state index in [1.165, 1.54) is 12.8 Å². The van der Waals surface area contributed by atoms with E-state index in [4.69, 9.17) is 12.2 Å². The largest absolute Gasteiger partial charge is 0.356 e. The molecule has 0 bridgehead atoms. The topological polar surface area (TPSA) is 63.1 Å². The van der Waals surface area contributed by atoms with Crippen molar-refractivity contribution in [3.8, 4) is 0 Å². The van der Waals surface area contributed by atoms with Crippen LogP contribution in [0.2, 0.25) is 0 Å². The Morgan fingerprint density at radius 2 is 2.04 bits per heavy atom. The molecule has 140 valence electrons. The standard InChI is InChI=1S/C19H27N5OS/c1-2-3-6-11-20-18(25)15-9-12-23(13-10-15)14-24-19(26)16-7-4-5-8-17(16)21-22-24/h4-5,7-8,15H,2-3,6,9-14H2,1H3,(H,20,25). The Morgan fingerprint density at radius 1 is 1.27 bits per heavy atom. The maximum absolute atomic E-state index is 12.3. The molecular formula is C19H27N5OS. The number of carbonyl (C=O) groups is 1. The van der Waals surface area contributed by atoms with Gasteiger partial charge in [-0.3, -0.25) is 9.69 Å². The van der Waals surface area contributed by atoms with Gasteiger partial charge in [-0.2, -0.15) is 0 Å². The molecule has 1 aromatic carbocycles. The fourth-order valence-corrected chi connectivity index (χ4v) is 3.64. The lowest BCUT2D eigenvalue weighted by Crippen LogP contribution is -2.41. The summed E-state index contributed by atoms with van der Waals surface area (Å²) in [6.07, 6.45) is 5.18. The molecule has 3 rings (SSSR count). The first-order valence-corrected chi connectivity index (χ1v) is 9.92. The van der Waals surface area contributed by atoms with E-state index >= 15 is 0 Å². The molecule has 1 fully saturated rings. The van der Waals surface area contributed by atoms with Crippen LogP contribution in [0.4, 0.5) is 0 Å². The van der Waals surface area contributed by atoms with Crippen molar-refractivity contribution in [2.45, 2.75) is 45.7 Å². The van der Waals surface area contributed by atoms with Gasteiger partial charge in [-0.15, -0.1) is 5.10 Å². The van der Waals surface area contributed by atoms with Crippen molar-refractivity contribution in [1.29, 1.82) is 0 Å². The molecule has 0 spiro atoms. The molecule has 1 amide bonds. The zero-order valence-corrected chi connectivity index (χ0v) is 16.2. The molecule has 0 atom stereocenters. The van der Waals surface area contributed by atoms with E-state index in [1.54, 1.807) is 4.68 Å². The number of nitrogens with one attached hydrogen (secondary N) is 1. The zero-order chi connectivity index (χ0) is 18.4. The molecular weight excluding hydrogens is 346 g/mol. The number of fused-ring (bicyclic) bond motifs is 1. The third-order valence-electron chi connectivity index (χ3n) is 5.00. The van der Waals surface area contributed by atoms with Crippen molar-refractivity contribution in [2.75, 3.05) is 19.6 Å². The molecule has 0 saturated carbocycles. The Hall–Kier alpha value is -1.86. The number of hydrogen-bond donors (Lipinski definition) is 1. The monoisotopic (exact) mass is 373 g/mol. The highest BCUT2D eigenvalue weighted by atomic mass is 32.1. The first kappa shape index (κ1) is 18.9. The van der Waals surface area contributed by atoms with Crippen LogP contribution in [0, 0.1) is 10.6 Å². The molecule has 0 unspecified atom stereocenters. The van der Waals surface area contributed by atoms with E-state index in [1.807, 2.05) is 24.3 Å². The SMILES string of the molecule is CCCCCNC(=O)C1CCN(Cn2nnc3ccccc3c2=S)CC1. The minimum absolute atomic E-state index is 0.128. The van der Waals surface area contributed by atoms with Crippen LogP contribution in [-0.4, -0.2) is 45.4 Å². The summed E-state index contributed by atoms with van der Waals surface area (Å²) in [6.45, 7) is 5.35. The Kier molecular flexibility index (Phi) is 6.68. The van der Waals surface area contributed by atoms with Crippen molar-refractivity contribution in [3.05, 3.63) is 28.9 Å². The van der Waals surface area contributed by atoms with Crippen molar-refractivity contribution in [3.63, 3.8) is 0 Å². The number of unbranched alkanes of at least 4 members (excludes halogenated alkanes) is 2. The number of rotatable bonds is 7. The molecule has 26 heavy (non-hydrogen) atoms. The molecule has 2 heterocycles. The van der Waals surface area contributed by atoms with Gasteiger partial charge in [-0.25, -0.2) is 4.68 Å². The van der Waals surface area contributed by atoms with Gasteiger partial charge in [0.15, 0.2) is 0 Å². The fourth-order valence-electron chi connectivity index (χ4n) is 3.37. The predicted molar refractivity (Wildman–Crippen MR) is 105 cm³/mol. The highest BCUT2D eigenvalue weighted by molar-refractivity contribution is 7.71. The molecule has 0 radical (unpaired) electrons. The molecule has 1 aliphatic rings. The third kappa shape index (κ3) is 4.65. The summed E-state index contributed by atoms with van der Waals surface area (Å²) in [5.41, 5.74) is 0.826. The quantitative estimate of drug-likeness (QED) is 0.597. The first-order valence-electron chi connectivity index (χ1n) is 9.51. The number of likely N-dealkylation sites (tertiary alicyclic amines) is 1. The number of hydrogen-bond acceptors (Lipinski definition) is 5. The van der Waals surface area contributed by atoms with Gasteiger partial charge in [-0.1, -0.05) is 49.3 Å². The Balaban J connectivity index is 1.52. The highest BCUT2D eigenvalue weighted by Gasteiger charge is 2.25. The van der Waals surface area contributed by atoms with Gasteiger partial charge in [-0.05, 0) is 31.4 Å². The van der Waals surface area contributed by atoms with Crippen LogP contribution < -0.4 is 5.32 Å². The normalized spacial score (nSPS) is 16.0. The van der Waals surface area contributed by atoms with Gasteiger partial charge in [0.25, 0.3) is 0 Å². The second-order valence-corrected chi connectivity index (χ2v) is 7.33. The second-order valence-electron chi connectivity index (χ2n) is 6.94. The summed E-state index contributed by atoms with van der Waals surface area (Å²) in [6, 6.07) is 7.81. The maximum Gasteiger partial charge on any atom is 0.223 e. The highest BCUT2D eigenvalue weighted by Crippen LogP contribution is 2.18. The number of piperidine rings is 1. The Bertz CT molecular complexity index is 798. The van der Waals surface area contributed by atoms with Crippen LogP contribution in [0.3, 0.4) is 0 Å². The van der Waals surface area contributed by atoms with Crippen molar-refractivity contribution >= 4 is 29.0 Å². The summed E-state index contributed by atoms with van der Waals surface area (Å²) in [5, 5.41) is 12.5. The summed E-state index contributed by atoms with van der Waals surface area (Å²) in [4.78, 5) is 14.5. The van der Waals surface area contributed by atoms with Gasteiger partial charge in [0.05, 0.1) is 12.2 Å². The van der Waals surface area contributed by atoms with E-state index in [2.05, 4.69) is 27.5 Å². The smallest absolute Gasteiger partial charge is 0.223 e. The van der Waals surface area contributed by atoms with Gasteiger partial charge >= 0.3 is 0 Å². The number of nitrogens with zero attached hydrogens (tertiary/aromatic N) is 4. The molecule has 0 aliphatic carbocycles. The van der Waals surface area contributed by atoms with Crippen LogP contribution in [0.15, 0.2) is 24.3 Å². The minimum Gasteiger partial charge on any atom is -0.356 e. The fraction of sp³-hybridized carbons (Fsp3) is 0.579. The lowest BCUT2D eigenvalue weighted by molar-refractivity contribution is -0.126. The average Bonchev–Trinajstić information content (AvgIpc) is 2.68. The van der Waals surface area contributed by atoms with E-state index in [0.717, 1.165) is 49.8 Å². The molecule has 1 aliphatic heterocycles. The first-order chi connectivity index (χ1) is 12.7. The van der Waals surface area contributed by atoms with Crippen LogP contribution in [0.1, 0.15) is 39.0 Å². The van der Waals surface area contributed by atoms with E-state index in [0.29, 0.717) is 11.3 Å². The number of carbonyl (C=O) groups excluding carboxylic acids is 1. The van der Waals surface area contributed by atoms with Crippen molar-refractivity contribution in [1.82, 2.24) is 25.2 Å². The Morgan fingerprint density at radius 3 is 2.81 bits per heavy atom. The molecule has 6 nitrogen and oxygen atoms in total. The van der Waals surface area contributed by atoms with E-state index in [9.17, 15) is 4.79 Å². The second kappa shape index (κ2) is 9.19. The minimum atomic E-state index is 0.128.